The highest BCUT2D eigenvalue weighted by Crippen LogP contribution is 2.40. The van der Waals surface area contributed by atoms with Gasteiger partial charge in [-0.25, -0.2) is 4.39 Å². The van der Waals surface area contributed by atoms with Crippen LogP contribution in [0, 0.1) is 11.7 Å². The summed E-state index contributed by atoms with van der Waals surface area (Å²) in [5.41, 5.74) is -0.662. The van der Waals surface area contributed by atoms with Crippen LogP contribution in [0.2, 0.25) is 0 Å². The van der Waals surface area contributed by atoms with Gasteiger partial charge >= 0.3 is 6.18 Å². The number of carbonyl (C=O) groups is 1. The van der Waals surface area contributed by atoms with Gasteiger partial charge in [0.1, 0.15) is 11.4 Å². The van der Waals surface area contributed by atoms with Crippen molar-refractivity contribution >= 4 is 5.78 Å². The molecule has 2 aromatic rings. The standard InChI is InChI=1S/C25H28F4O/c1-3-5-16-6-8-17(9-7-16)18-10-12-19(13-11-18)20-14-15-21(22(30)4-2)23(24(20)26)25(27,28)29/h10-17H,3-9H2,1-2H3. The summed E-state index contributed by atoms with van der Waals surface area (Å²) in [6.07, 6.45) is 2.07. The zero-order valence-electron chi connectivity index (χ0n) is 17.5. The lowest BCUT2D eigenvalue weighted by molar-refractivity contribution is -0.140. The van der Waals surface area contributed by atoms with Crippen LogP contribution in [0.3, 0.4) is 0 Å². The third kappa shape index (κ3) is 4.76. The molecule has 0 aromatic heterocycles. The van der Waals surface area contributed by atoms with Crippen LogP contribution in [0.4, 0.5) is 17.6 Å². The molecular weight excluding hydrogens is 392 g/mol. The average Bonchev–Trinajstić information content (AvgIpc) is 2.73. The SMILES string of the molecule is CCCC1CCC(c2ccc(-c3ccc(C(=O)CC)c(C(F)(F)F)c3F)cc2)CC1. The van der Waals surface area contributed by atoms with Crippen LogP contribution in [-0.2, 0) is 6.18 Å². The van der Waals surface area contributed by atoms with Crippen LogP contribution in [-0.4, -0.2) is 5.78 Å². The molecule has 2 aromatic carbocycles. The lowest BCUT2D eigenvalue weighted by atomic mass is 9.77. The van der Waals surface area contributed by atoms with Crippen molar-refractivity contribution in [3.05, 3.63) is 58.9 Å². The summed E-state index contributed by atoms with van der Waals surface area (Å²) in [6.45, 7) is 3.67. The first-order valence-corrected chi connectivity index (χ1v) is 10.8. The molecule has 0 amide bonds. The fraction of sp³-hybridized carbons (Fsp3) is 0.480. The lowest BCUT2D eigenvalue weighted by Gasteiger charge is -2.28. The van der Waals surface area contributed by atoms with Crippen molar-refractivity contribution < 1.29 is 22.4 Å². The number of benzene rings is 2. The molecule has 162 valence electrons. The molecule has 0 heterocycles. The quantitative estimate of drug-likeness (QED) is 0.340. The number of hydrogen-bond acceptors (Lipinski definition) is 1. The third-order valence-electron chi connectivity index (χ3n) is 6.28. The summed E-state index contributed by atoms with van der Waals surface area (Å²) in [5.74, 6) is -0.853. The number of carbonyl (C=O) groups excluding carboxylic acids is 1. The predicted octanol–water partition coefficient (Wildman–Crippen LogP) is 8.18. The van der Waals surface area contributed by atoms with Crippen molar-refractivity contribution in [1.82, 2.24) is 0 Å². The van der Waals surface area contributed by atoms with Crippen molar-refractivity contribution in [2.45, 2.75) is 70.9 Å². The smallest absolute Gasteiger partial charge is 0.294 e. The summed E-state index contributed by atoms with van der Waals surface area (Å²) < 4.78 is 55.4. The van der Waals surface area contributed by atoms with Crippen LogP contribution in [0.15, 0.2) is 36.4 Å². The minimum atomic E-state index is -4.93. The summed E-state index contributed by atoms with van der Waals surface area (Å²) in [7, 11) is 0. The molecular formula is C25H28F4O. The molecule has 0 aliphatic heterocycles. The lowest BCUT2D eigenvalue weighted by Crippen LogP contribution is -2.16. The molecule has 1 nitrogen and oxygen atoms in total. The number of ketones is 1. The Hall–Kier alpha value is -2.17. The van der Waals surface area contributed by atoms with Crippen molar-refractivity contribution in [1.29, 1.82) is 0 Å². The van der Waals surface area contributed by atoms with Gasteiger partial charge in [-0.15, -0.1) is 0 Å². The van der Waals surface area contributed by atoms with Crippen LogP contribution >= 0.6 is 0 Å². The molecule has 0 unspecified atom stereocenters. The van der Waals surface area contributed by atoms with Gasteiger partial charge in [0.15, 0.2) is 5.78 Å². The second-order valence-electron chi connectivity index (χ2n) is 8.25. The minimum absolute atomic E-state index is 0.114. The molecule has 1 fully saturated rings. The molecule has 0 saturated heterocycles. The molecule has 1 aliphatic rings. The molecule has 30 heavy (non-hydrogen) atoms. The van der Waals surface area contributed by atoms with Gasteiger partial charge in [-0.3, -0.25) is 4.79 Å². The fourth-order valence-electron chi connectivity index (χ4n) is 4.63. The summed E-state index contributed by atoms with van der Waals surface area (Å²) in [6, 6.07) is 9.55. The van der Waals surface area contributed by atoms with E-state index in [-0.39, 0.29) is 12.0 Å². The van der Waals surface area contributed by atoms with Gasteiger partial charge in [-0.05, 0) is 54.7 Å². The third-order valence-corrected chi connectivity index (χ3v) is 6.28. The van der Waals surface area contributed by atoms with Gasteiger partial charge in [0.05, 0.1) is 0 Å². The Balaban J connectivity index is 1.87. The highest BCUT2D eigenvalue weighted by atomic mass is 19.4. The van der Waals surface area contributed by atoms with Gasteiger partial charge in [0, 0.05) is 17.5 Å². The first-order valence-electron chi connectivity index (χ1n) is 10.8. The van der Waals surface area contributed by atoms with E-state index in [0.29, 0.717) is 11.5 Å². The van der Waals surface area contributed by atoms with Gasteiger partial charge in [-0.2, -0.15) is 13.2 Å². The van der Waals surface area contributed by atoms with E-state index in [2.05, 4.69) is 6.92 Å². The van der Waals surface area contributed by atoms with E-state index in [1.54, 1.807) is 12.1 Å². The van der Waals surface area contributed by atoms with E-state index in [1.807, 2.05) is 12.1 Å². The summed E-state index contributed by atoms with van der Waals surface area (Å²) in [4.78, 5) is 11.9. The number of Topliss-reactive ketones (excluding diaryl/α,β-unsaturated/α-hetero) is 1. The number of alkyl halides is 3. The first kappa shape index (κ1) is 22.5. The number of halogens is 4. The maximum atomic E-state index is 14.9. The second-order valence-corrected chi connectivity index (χ2v) is 8.25. The monoisotopic (exact) mass is 420 g/mol. The van der Waals surface area contributed by atoms with Crippen LogP contribution in [0.1, 0.15) is 86.2 Å². The molecule has 0 N–H and O–H groups in total. The van der Waals surface area contributed by atoms with E-state index < -0.39 is 28.9 Å². The second kappa shape index (κ2) is 9.32. The van der Waals surface area contributed by atoms with Crippen LogP contribution < -0.4 is 0 Å². The van der Waals surface area contributed by atoms with Crippen LogP contribution in [0.25, 0.3) is 11.1 Å². The average molecular weight is 420 g/mol. The molecule has 1 saturated carbocycles. The van der Waals surface area contributed by atoms with Gasteiger partial charge in [0.2, 0.25) is 0 Å². The Kier molecular flexibility index (Phi) is 6.99. The molecule has 0 atom stereocenters. The van der Waals surface area contributed by atoms with Gasteiger partial charge < -0.3 is 0 Å². The van der Waals surface area contributed by atoms with Crippen LogP contribution in [0.5, 0.6) is 0 Å². The van der Waals surface area contributed by atoms with Gasteiger partial charge in [0.25, 0.3) is 0 Å². The van der Waals surface area contributed by atoms with E-state index >= 15 is 0 Å². The highest BCUT2D eigenvalue weighted by Gasteiger charge is 2.39. The largest absolute Gasteiger partial charge is 0.419 e. The Labute approximate surface area is 175 Å². The Morgan fingerprint density at radius 3 is 2.13 bits per heavy atom. The summed E-state index contributed by atoms with van der Waals surface area (Å²) >= 11 is 0. The Morgan fingerprint density at radius 2 is 1.60 bits per heavy atom. The zero-order valence-corrected chi connectivity index (χ0v) is 17.5. The van der Waals surface area contributed by atoms with E-state index in [1.165, 1.54) is 38.7 Å². The van der Waals surface area contributed by atoms with E-state index in [0.717, 1.165) is 30.4 Å². The van der Waals surface area contributed by atoms with Crippen molar-refractivity contribution in [2.75, 3.05) is 0 Å². The Morgan fingerprint density at radius 1 is 0.967 bits per heavy atom. The van der Waals surface area contributed by atoms with E-state index in [9.17, 15) is 22.4 Å². The summed E-state index contributed by atoms with van der Waals surface area (Å²) in [5, 5.41) is 0. The zero-order chi connectivity index (χ0) is 21.9. The Bertz CT molecular complexity index is 875. The van der Waals surface area contributed by atoms with Crippen molar-refractivity contribution in [3.8, 4) is 11.1 Å². The highest BCUT2D eigenvalue weighted by molar-refractivity contribution is 5.98. The topological polar surface area (TPSA) is 17.1 Å². The van der Waals surface area contributed by atoms with Gasteiger partial charge in [-0.1, -0.05) is 57.0 Å². The fourth-order valence-corrected chi connectivity index (χ4v) is 4.63. The number of hydrogen-bond donors (Lipinski definition) is 0. The minimum Gasteiger partial charge on any atom is -0.294 e. The molecule has 3 rings (SSSR count). The maximum Gasteiger partial charge on any atom is 0.419 e. The van der Waals surface area contributed by atoms with Crippen molar-refractivity contribution in [3.63, 3.8) is 0 Å². The maximum absolute atomic E-state index is 14.9. The normalized spacial score (nSPS) is 19.7. The molecule has 1 aliphatic carbocycles. The number of rotatable bonds is 6. The predicted molar refractivity (Wildman–Crippen MR) is 111 cm³/mol. The molecule has 0 bridgehead atoms. The molecule has 0 radical (unpaired) electrons. The molecule has 5 heteroatoms. The van der Waals surface area contributed by atoms with E-state index in [4.69, 9.17) is 0 Å². The first-order chi connectivity index (χ1) is 14.3. The molecule has 0 spiro atoms. The van der Waals surface area contributed by atoms with Crippen molar-refractivity contribution in [2.24, 2.45) is 5.92 Å².